The molecule has 0 unspecified atom stereocenters. The molecular weight excluding hydrogens is 174 g/mol. The topological polar surface area (TPSA) is 79.7 Å². The van der Waals surface area contributed by atoms with Crippen LogP contribution in [0.25, 0.3) is 0 Å². The van der Waals surface area contributed by atoms with Crippen molar-refractivity contribution < 1.29 is 19.7 Å². The van der Waals surface area contributed by atoms with Crippen molar-refractivity contribution in [3.05, 3.63) is 29.6 Å². The molecule has 0 saturated carbocycles. The van der Waals surface area contributed by atoms with Crippen molar-refractivity contribution in [1.82, 2.24) is 4.98 Å². The van der Waals surface area contributed by atoms with E-state index in [1.165, 1.54) is 25.3 Å². The predicted octanol–water partition coefficient (Wildman–Crippen LogP) is -0.149. The Morgan fingerprint density at radius 3 is 2.77 bits per heavy atom. The van der Waals surface area contributed by atoms with Gasteiger partial charge in [0.2, 0.25) is 0 Å². The van der Waals surface area contributed by atoms with E-state index in [4.69, 9.17) is 10.2 Å². The molecule has 70 valence electrons. The van der Waals surface area contributed by atoms with Crippen molar-refractivity contribution in [2.75, 3.05) is 7.11 Å². The molecule has 0 saturated heterocycles. The molecule has 0 aliphatic rings. The third kappa shape index (κ3) is 2.24. The second kappa shape index (κ2) is 3.97. The summed E-state index contributed by atoms with van der Waals surface area (Å²) >= 11 is 0. The van der Waals surface area contributed by atoms with Crippen molar-refractivity contribution in [1.29, 1.82) is 0 Å². The van der Waals surface area contributed by atoms with Crippen LogP contribution < -0.4 is 0 Å². The Morgan fingerprint density at radius 2 is 2.23 bits per heavy atom. The zero-order valence-electron chi connectivity index (χ0n) is 6.97. The zero-order valence-corrected chi connectivity index (χ0v) is 6.97. The van der Waals surface area contributed by atoms with Gasteiger partial charge in [-0.15, -0.1) is 0 Å². The number of aliphatic hydroxyl groups excluding tert-OH is 1. The lowest BCUT2D eigenvalue weighted by molar-refractivity contribution is -0.0459. The van der Waals surface area contributed by atoms with Crippen LogP contribution in [0.2, 0.25) is 0 Å². The molecule has 5 heteroatoms. The Bertz CT molecular complexity index is 311. The highest BCUT2D eigenvalue weighted by atomic mass is 16.5. The third-order valence-corrected chi connectivity index (χ3v) is 1.43. The minimum absolute atomic E-state index is 0.0166. The summed E-state index contributed by atoms with van der Waals surface area (Å²) < 4.78 is 4.41. The van der Waals surface area contributed by atoms with E-state index in [1.807, 2.05) is 0 Å². The van der Waals surface area contributed by atoms with E-state index in [-0.39, 0.29) is 11.4 Å². The molecule has 0 aromatic carbocycles. The maximum Gasteiger partial charge on any atom is 0.356 e. The minimum Gasteiger partial charge on any atom is -0.464 e. The Kier molecular flexibility index (Phi) is 2.94. The van der Waals surface area contributed by atoms with E-state index in [0.29, 0.717) is 0 Å². The molecule has 5 nitrogen and oxygen atoms in total. The first-order chi connectivity index (χ1) is 6.15. The number of pyridine rings is 1. The number of methoxy groups -OCH3 is 1. The van der Waals surface area contributed by atoms with Crippen molar-refractivity contribution in [3.63, 3.8) is 0 Å². The van der Waals surface area contributed by atoms with E-state index in [0.717, 1.165) is 0 Å². The molecule has 0 aliphatic carbocycles. The molecule has 0 bridgehead atoms. The molecule has 2 N–H and O–H groups in total. The Morgan fingerprint density at radius 1 is 1.54 bits per heavy atom. The fraction of sp³-hybridized carbons (Fsp3) is 0.250. The predicted molar refractivity (Wildman–Crippen MR) is 42.8 cm³/mol. The molecule has 0 atom stereocenters. The van der Waals surface area contributed by atoms with Crippen LogP contribution in [0.3, 0.4) is 0 Å². The third-order valence-electron chi connectivity index (χ3n) is 1.43. The monoisotopic (exact) mass is 183 g/mol. The van der Waals surface area contributed by atoms with Gasteiger partial charge < -0.3 is 14.9 Å². The Labute approximate surface area is 74.6 Å². The normalized spacial score (nSPS) is 10.2. The van der Waals surface area contributed by atoms with Crippen LogP contribution in [0.15, 0.2) is 18.2 Å². The number of hydrogen-bond donors (Lipinski definition) is 2. The highest BCUT2D eigenvalue weighted by molar-refractivity contribution is 5.87. The first kappa shape index (κ1) is 9.63. The van der Waals surface area contributed by atoms with Crippen LogP contribution >= 0.6 is 0 Å². The first-order valence-corrected chi connectivity index (χ1v) is 3.56. The summed E-state index contributed by atoms with van der Waals surface area (Å²) in [6.45, 7) is 0. The van der Waals surface area contributed by atoms with Gasteiger partial charge in [-0.25, -0.2) is 9.78 Å². The number of nitrogens with zero attached hydrogens (tertiary/aromatic N) is 1. The molecule has 0 spiro atoms. The summed E-state index contributed by atoms with van der Waals surface area (Å²) in [6, 6.07) is 4.32. The Balaban J connectivity index is 2.98. The molecule has 0 amide bonds. The van der Waals surface area contributed by atoms with Crippen LogP contribution in [-0.4, -0.2) is 28.3 Å². The fourth-order valence-corrected chi connectivity index (χ4v) is 0.814. The lowest BCUT2D eigenvalue weighted by atomic mass is 10.3. The quantitative estimate of drug-likeness (QED) is 0.492. The van der Waals surface area contributed by atoms with E-state index in [1.54, 1.807) is 0 Å². The number of ether oxygens (including phenoxy) is 1. The van der Waals surface area contributed by atoms with E-state index in [2.05, 4.69) is 9.72 Å². The van der Waals surface area contributed by atoms with Gasteiger partial charge in [0.25, 0.3) is 0 Å². The summed E-state index contributed by atoms with van der Waals surface area (Å²) in [5, 5.41) is 17.5. The molecule has 13 heavy (non-hydrogen) atoms. The van der Waals surface area contributed by atoms with Crippen LogP contribution in [0.1, 0.15) is 22.5 Å². The average Bonchev–Trinajstić information content (AvgIpc) is 2.17. The van der Waals surface area contributed by atoms with Gasteiger partial charge in [-0.2, -0.15) is 0 Å². The summed E-state index contributed by atoms with van der Waals surface area (Å²) in [4.78, 5) is 14.6. The van der Waals surface area contributed by atoms with Crippen molar-refractivity contribution >= 4 is 5.97 Å². The lowest BCUT2D eigenvalue weighted by Gasteiger charge is -2.03. The van der Waals surface area contributed by atoms with Gasteiger partial charge in [-0.1, -0.05) is 6.07 Å². The van der Waals surface area contributed by atoms with Gasteiger partial charge in [-0.05, 0) is 12.1 Å². The number of carbonyl (C=O) groups is 1. The van der Waals surface area contributed by atoms with Gasteiger partial charge in [0.05, 0.1) is 12.8 Å². The smallest absolute Gasteiger partial charge is 0.356 e. The van der Waals surface area contributed by atoms with Gasteiger partial charge in [0.1, 0.15) is 5.69 Å². The van der Waals surface area contributed by atoms with Crippen molar-refractivity contribution in [2.24, 2.45) is 0 Å². The highest BCUT2D eigenvalue weighted by Crippen LogP contribution is 2.07. The van der Waals surface area contributed by atoms with Crippen LogP contribution in [0, 0.1) is 0 Å². The molecular formula is C8H9NO4. The van der Waals surface area contributed by atoms with Crippen molar-refractivity contribution in [2.45, 2.75) is 6.29 Å². The Hall–Kier alpha value is -1.46. The molecule has 1 aromatic rings. The summed E-state index contributed by atoms with van der Waals surface area (Å²) in [5.41, 5.74) is 0.0657. The number of rotatable bonds is 2. The molecule has 1 rings (SSSR count). The van der Waals surface area contributed by atoms with Gasteiger partial charge >= 0.3 is 5.97 Å². The van der Waals surface area contributed by atoms with E-state index in [9.17, 15) is 4.79 Å². The second-order valence-corrected chi connectivity index (χ2v) is 2.31. The molecule has 1 aromatic heterocycles. The van der Waals surface area contributed by atoms with E-state index < -0.39 is 12.3 Å². The van der Waals surface area contributed by atoms with E-state index >= 15 is 0 Å². The van der Waals surface area contributed by atoms with Crippen LogP contribution in [-0.2, 0) is 4.74 Å². The summed E-state index contributed by atoms with van der Waals surface area (Å²) in [7, 11) is 1.23. The number of hydrogen-bond acceptors (Lipinski definition) is 5. The molecule has 0 aliphatic heterocycles. The van der Waals surface area contributed by atoms with Gasteiger partial charge in [0.15, 0.2) is 6.29 Å². The number of esters is 1. The number of carbonyl (C=O) groups excluding carboxylic acids is 1. The zero-order chi connectivity index (χ0) is 9.84. The SMILES string of the molecule is COC(=O)c1cccc(C(O)O)n1. The summed E-state index contributed by atoms with van der Waals surface area (Å²) in [6.07, 6.45) is -1.68. The maximum atomic E-state index is 10.9. The summed E-state index contributed by atoms with van der Waals surface area (Å²) in [5.74, 6) is -0.609. The lowest BCUT2D eigenvalue weighted by Crippen LogP contribution is -2.07. The fourth-order valence-electron chi connectivity index (χ4n) is 0.814. The average molecular weight is 183 g/mol. The van der Waals surface area contributed by atoms with Crippen molar-refractivity contribution in [3.8, 4) is 0 Å². The molecule has 1 heterocycles. The van der Waals surface area contributed by atoms with Gasteiger partial charge in [-0.3, -0.25) is 0 Å². The first-order valence-electron chi connectivity index (χ1n) is 3.56. The number of aromatic nitrogens is 1. The minimum atomic E-state index is -1.68. The maximum absolute atomic E-state index is 10.9. The number of aliphatic hydroxyl groups is 2. The van der Waals surface area contributed by atoms with Crippen LogP contribution in [0.4, 0.5) is 0 Å². The molecule has 0 fully saturated rings. The second-order valence-electron chi connectivity index (χ2n) is 2.31. The highest BCUT2D eigenvalue weighted by Gasteiger charge is 2.10. The standard InChI is InChI=1S/C8H9NO4/c1-13-8(12)6-4-2-3-5(9-6)7(10)11/h2-4,7,10-11H,1H3. The molecule has 0 radical (unpaired) electrons. The van der Waals surface area contributed by atoms with Gasteiger partial charge in [0, 0.05) is 0 Å². The van der Waals surface area contributed by atoms with Crippen LogP contribution in [0.5, 0.6) is 0 Å². The largest absolute Gasteiger partial charge is 0.464 e.